The Labute approximate surface area is 115 Å². The van der Waals surface area contributed by atoms with Gasteiger partial charge in [0.2, 0.25) is 0 Å². The average molecular weight is 267 g/mol. The van der Waals surface area contributed by atoms with Crippen LogP contribution in [0.2, 0.25) is 0 Å². The lowest BCUT2D eigenvalue weighted by atomic mass is 10.2. The molecule has 0 saturated heterocycles. The van der Waals surface area contributed by atoms with Crippen molar-refractivity contribution in [3.05, 3.63) is 23.8 Å². The molecule has 0 atom stereocenters. The number of aliphatic hydroxyl groups excluding tert-OH is 1. The predicted molar refractivity (Wildman–Crippen MR) is 76.8 cm³/mol. The van der Waals surface area contributed by atoms with Gasteiger partial charge in [-0.05, 0) is 44.0 Å². The molecule has 0 saturated carbocycles. The van der Waals surface area contributed by atoms with Crippen molar-refractivity contribution in [1.82, 2.24) is 5.32 Å². The summed E-state index contributed by atoms with van der Waals surface area (Å²) in [5.41, 5.74) is 1.19. The first-order valence-electron chi connectivity index (χ1n) is 7.01. The highest BCUT2D eigenvalue weighted by Gasteiger charge is 2.06. The van der Waals surface area contributed by atoms with Crippen LogP contribution in [-0.4, -0.2) is 31.5 Å². The van der Waals surface area contributed by atoms with Gasteiger partial charge < -0.3 is 19.9 Å². The van der Waals surface area contributed by atoms with Crippen LogP contribution in [0.5, 0.6) is 11.5 Å². The van der Waals surface area contributed by atoms with Crippen LogP contribution in [-0.2, 0) is 6.54 Å². The molecule has 2 N–H and O–H groups in total. The SMILES string of the molecule is CCNCc1ccc(OCCCCO)c(OCC)c1. The lowest BCUT2D eigenvalue weighted by Crippen LogP contribution is -2.12. The maximum Gasteiger partial charge on any atom is 0.161 e. The molecule has 0 heterocycles. The summed E-state index contributed by atoms with van der Waals surface area (Å²) in [6, 6.07) is 6.02. The molecule has 1 rings (SSSR count). The number of rotatable bonds is 10. The summed E-state index contributed by atoms with van der Waals surface area (Å²) < 4.78 is 11.3. The molecular formula is C15H25NO3. The number of ether oxygens (including phenoxy) is 2. The number of aliphatic hydroxyl groups is 1. The molecule has 19 heavy (non-hydrogen) atoms. The fourth-order valence-corrected chi connectivity index (χ4v) is 1.72. The number of hydrogen-bond acceptors (Lipinski definition) is 4. The van der Waals surface area contributed by atoms with E-state index in [1.54, 1.807) is 0 Å². The zero-order valence-electron chi connectivity index (χ0n) is 11.9. The molecule has 1 aromatic carbocycles. The van der Waals surface area contributed by atoms with E-state index in [4.69, 9.17) is 14.6 Å². The minimum absolute atomic E-state index is 0.212. The molecule has 0 aliphatic carbocycles. The molecule has 0 unspecified atom stereocenters. The zero-order chi connectivity index (χ0) is 13.9. The smallest absolute Gasteiger partial charge is 0.161 e. The topological polar surface area (TPSA) is 50.7 Å². The normalized spacial score (nSPS) is 10.5. The monoisotopic (exact) mass is 267 g/mol. The van der Waals surface area contributed by atoms with Gasteiger partial charge in [-0.1, -0.05) is 13.0 Å². The fraction of sp³-hybridized carbons (Fsp3) is 0.600. The maximum absolute atomic E-state index is 8.73. The van der Waals surface area contributed by atoms with Crippen molar-refractivity contribution in [2.45, 2.75) is 33.2 Å². The highest BCUT2D eigenvalue weighted by molar-refractivity contribution is 5.43. The Kier molecular flexibility index (Phi) is 8.02. The van der Waals surface area contributed by atoms with E-state index >= 15 is 0 Å². The maximum atomic E-state index is 8.73. The lowest BCUT2D eigenvalue weighted by Gasteiger charge is -2.13. The Hall–Kier alpha value is -1.26. The first-order valence-corrected chi connectivity index (χ1v) is 7.01. The van der Waals surface area contributed by atoms with E-state index in [0.717, 1.165) is 37.4 Å². The second kappa shape index (κ2) is 9.64. The van der Waals surface area contributed by atoms with Crippen molar-refractivity contribution in [3.8, 4) is 11.5 Å². The standard InChI is InChI=1S/C15H25NO3/c1-3-16-12-13-7-8-14(15(11-13)18-4-2)19-10-6-5-9-17/h7-8,11,16-17H,3-6,9-10,12H2,1-2H3. The number of unbranched alkanes of at least 4 members (excludes halogenated alkanes) is 1. The third-order valence-electron chi connectivity index (χ3n) is 2.70. The van der Waals surface area contributed by atoms with Crippen LogP contribution in [0.15, 0.2) is 18.2 Å². The largest absolute Gasteiger partial charge is 0.490 e. The molecule has 0 aliphatic heterocycles. The lowest BCUT2D eigenvalue weighted by molar-refractivity contribution is 0.243. The van der Waals surface area contributed by atoms with E-state index in [1.807, 2.05) is 25.1 Å². The Bertz CT molecular complexity index is 355. The zero-order valence-corrected chi connectivity index (χ0v) is 11.9. The molecule has 0 aromatic heterocycles. The Morgan fingerprint density at radius 2 is 1.95 bits per heavy atom. The molecule has 108 valence electrons. The van der Waals surface area contributed by atoms with Gasteiger partial charge in [0, 0.05) is 13.2 Å². The number of nitrogens with one attached hydrogen (secondary N) is 1. The van der Waals surface area contributed by atoms with E-state index in [0.29, 0.717) is 13.2 Å². The molecule has 0 fully saturated rings. The van der Waals surface area contributed by atoms with Gasteiger partial charge in [-0.3, -0.25) is 0 Å². The summed E-state index contributed by atoms with van der Waals surface area (Å²) in [6.45, 7) is 7.27. The third kappa shape index (κ3) is 5.94. The van der Waals surface area contributed by atoms with Crippen LogP contribution < -0.4 is 14.8 Å². The first kappa shape index (κ1) is 15.8. The molecule has 4 heteroatoms. The third-order valence-corrected chi connectivity index (χ3v) is 2.70. The minimum atomic E-state index is 0.212. The van der Waals surface area contributed by atoms with Crippen molar-refractivity contribution < 1.29 is 14.6 Å². The van der Waals surface area contributed by atoms with E-state index in [1.165, 1.54) is 5.56 Å². The van der Waals surface area contributed by atoms with Crippen LogP contribution in [0.25, 0.3) is 0 Å². The van der Waals surface area contributed by atoms with Gasteiger partial charge in [0.05, 0.1) is 13.2 Å². The van der Waals surface area contributed by atoms with Crippen molar-refractivity contribution in [3.63, 3.8) is 0 Å². The minimum Gasteiger partial charge on any atom is -0.490 e. The van der Waals surface area contributed by atoms with E-state index in [-0.39, 0.29) is 6.61 Å². The summed E-state index contributed by atoms with van der Waals surface area (Å²) in [6.07, 6.45) is 1.61. The second-order valence-corrected chi connectivity index (χ2v) is 4.27. The highest BCUT2D eigenvalue weighted by Crippen LogP contribution is 2.28. The van der Waals surface area contributed by atoms with E-state index in [2.05, 4.69) is 12.2 Å². The Morgan fingerprint density at radius 3 is 2.63 bits per heavy atom. The quantitative estimate of drug-likeness (QED) is 0.639. The Morgan fingerprint density at radius 1 is 1.11 bits per heavy atom. The van der Waals surface area contributed by atoms with Gasteiger partial charge in [0.15, 0.2) is 11.5 Å². The first-order chi connectivity index (χ1) is 9.31. The molecule has 0 bridgehead atoms. The van der Waals surface area contributed by atoms with Crippen LogP contribution in [0.3, 0.4) is 0 Å². The number of hydrogen-bond donors (Lipinski definition) is 2. The summed E-state index contributed by atoms with van der Waals surface area (Å²) in [5.74, 6) is 1.57. The average Bonchev–Trinajstić information content (AvgIpc) is 2.43. The van der Waals surface area contributed by atoms with Crippen LogP contribution in [0.1, 0.15) is 32.3 Å². The van der Waals surface area contributed by atoms with Crippen LogP contribution in [0.4, 0.5) is 0 Å². The molecule has 0 spiro atoms. The molecular weight excluding hydrogens is 242 g/mol. The molecule has 0 aliphatic rings. The van der Waals surface area contributed by atoms with Crippen LogP contribution >= 0.6 is 0 Å². The van der Waals surface area contributed by atoms with Gasteiger partial charge in [-0.25, -0.2) is 0 Å². The molecule has 4 nitrogen and oxygen atoms in total. The van der Waals surface area contributed by atoms with Crippen molar-refractivity contribution in [2.24, 2.45) is 0 Å². The summed E-state index contributed by atoms with van der Waals surface area (Å²) >= 11 is 0. The Balaban J connectivity index is 2.62. The summed E-state index contributed by atoms with van der Waals surface area (Å²) in [5, 5.41) is 12.0. The van der Waals surface area contributed by atoms with Crippen LogP contribution in [0, 0.1) is 0 Å². The van der Waals surface area contributed by atoms with E-state index < -0.39 is 0 Å². The second-order valence-electron chi connectivity index (χ2n) is 4.27. The number of benzene rings is 1. The van der Waals surface area contributed by atoms with Gasteiger partial charge in [-0.2, -0.15) is 0 Å². The van der Waals surface area contributed by atoms with Crippen molar-refractivity contribution >= 4 is 0 Å². The molecule has 1 aromatic rings. The van der Waals surface area contributed by atoms with Gasteiger partial charge in [0.25, 0.3) is 0 Å². The van der Waals surface area contributed by atoms with Gasteiger partial charge in [0.1, 0.15) is 0 Å². The summed E-state index contributed by atoms with van der Waals surface area (Å²) in [7, 11) is 0. The van der Waals surface area contributed by atoms with Crippen molar-refractivity contribution in [2.75, 3.05) is 26.4 Å². The van der Waals surface area contributed by atoms with E-state index in [9.17, 15) is 0 Å². The highest BCUT2D eigenvalue weighted by atomic mass is 16.5. The van der Waals surface area contributed by atoms with Crippen molar-refractivity contribution in [1.29, 1.82) is 0 Å². The summed E-state index contributed by atoms with van der Waals surface area (Å²) in [4.78, 5) is 0. The molecule has 0 amide bonds. The van der Waals surface area contributed by atoms with Gasteiger partial charge >= 0.3 is 0 Å². The van der Waals surface area contributed by atoms with Gasteiger partial charge in [-0.15, -0.1) is 0 Å². The predicted octanol–water partition coefficient (Wildman–Crippen LogP) is 2.35. The molecule has 0 radical (unpaired) electrons. The fourth-order valence-electron chi connectivity index (χ4n) is 1.72.